The van der Waals surface area contributed by atoms with Crippen LogP contribution in [-0.2, 0) is 6.54 Å². The zero-order valence-electron chi connectivity index (χ0n) is 9.09. The molecule has 0 unspecified atom stereocenters. The van der Waals surface area contributed by atoms with Gasteiger partial charge in [-0.2, -0.15) is 5.10 Å². The minimum Gasteiger partial charge on any atom is -0.324 e. The van der Waals surface area contributed by atoms with Gasteiger partial charge in [0.2, 0.25) is 0 Å². The number of nitrogens with one attached hydrogen (secondary N) is 1. The van der Waals surface area contributed by atoms with Gasteiger partial charge in [0, 0.05) is 5.39 Å². The van der Waals surface area contributed by atoms with Gasteiger partial charge in [-0.3, -0.25) is 5.10 Å². The van der Waals surface area contributed by atoms with Crippen molar-refractivity contribution in [3.05, 3.63) is 42.2 Å². The van der Waals surface area contributed by atoms with Crippen LogP contribution in [0.5, 0.6) is 0 Å². The van der Waals surface area contributed by atoms with Gasteiger partial charge in [0.1, 0.15) is 11.5 Å². The molecule has 3 rings (SSSR count). The minimum atomic E-state index is 0.348. The lowest BCUT2D eigenvalue weighted by Gasteiger charge is -1.98. The van der Waals surface area contributed by atoms with Gasteiger partial charge >= 0.3 is 0 Å². The molecule has 0 radical (unpaired) electrons. The Morgan fingerprint density at radius 1 is 1.06 bits per heavy atom. The van der Waals surface area contributed by atoms with E-state index in [9.17, 15) is 0 Å². The highest BCUT2D eigenvalue weighted by Gasteiger charge is 2.06. The smallest absolute Gasteiger partial charge is 0.199 e. The first-order valence-corrected chi connectivity index (χ1v) is 5.34. The van der Waals surface area contributed by atoms with Gasteiger partial charge in [-0.15, -0.1) is 0 Å². The molecule has 2 heterocycles. The number of aromatic amines is 1. The summed E-state index contributed by atoms with van der Waals surface area (Å²) in [5.74, 6) is 1.24. The summed E-state index contributed by atoms with van der Waals surface area (Å²) in [4.78, 5) is 8.76. The van der Waals surface area contributed by atoms with Crippen LogP contribution >= 0.6 is 0 Å². The Labute approximate surface area is 97.7 Å². The molecular weight excluding hydrogens is 214 g/mol. The average Bonchev–Trinajstić information content (AvgIpc) is 2.87. The molecule has 3 N–H and O–H groups in total. The molecule has 5 heteroatoms. The lowest BCUT2D eigenvalue weighted by atomic mass is 10.2. The van der Waals surface area contributed by atoms with Crippen LogP contribution in [0.25, 0.3) is 22.4 Å². The number of aromatic nitrogens is 4. The van der Waals surface area contributed by atoms with Crippen molar-refractivity contribution in [1.29, 1.82) is 0 Å². The summed E-state index contributed by atoms with van der Waals surface area (Å²) in [5.41, 5.74) is 7.16. The topological polar surface area (TPSA) is 80.5 Å². The molecule has 0 spiro atoms. The van der Waals surface area contributed by atoms with Crippen molar-refractivity contribution >= 4 is 10.9 Å². The van der Waals surface area contributed by atoms with Gasteiger partial charge in [-0.1, -0.05) is 24.3 Å². The van der Waals surface area contributed by atoms with E-state index in [0.29, 0.717) is 18.2 Å². The van der Waals surface area contributed by atoms with E-state index in [-0.39, 0.29) is 0 Å². The van der Waals surface area contributed by atoms with E-state index < -0.39 is 0 Å². The fourth-order valence-electron chi connectivity index (χ4n) is 1.69. The van der Waals surface area contributed by atoms with E-state index in [0.717, 1.165) is 16.6 Å². The first-order chi connectivity index (χ1) is 8.36. The molecule has 0 aliphatic rings. The van der Waals surface area contributed by atoms with Crippen molar-refractivity contribution in [1.82, 2.24) is 20.2 Å². The highest BCUT2D eigenvalue weighted by molar-refractivity contribution is 5.80. The maximum Gasteiger partial charge on any atom is 0.199 e. The van der Waals surface area contributed by atoms with Crippen molar-refractivity contribution in [2.45, 2.75) is 6.54 Å². The molecule has 0 aliphatic carbocycles. The number of rotatable bonds is 2. The summed E-state index contributed by atoms with van der Waals surface area (Å²) in [5, 5.41) is 7.96. The van der Waals surface area contributed by atoms with Crippen LogP contribution in [-0.4, -0.2) is 20.2 Å². The standard InChI is InChI=1S/C12H11N5/c13-7-11-15-12(17-16-11)10-6-5-8-3-1-2-4-9(8)14-10/h1-6H,7,13H2,(H,15,16,17). The zero-order valence-corrected chi connectivity index (χ0v) is 9.09. The van der Waals surface area contributed by atoms with Crippen LogP contribution in [0.3, 0.4) is 0 Å². The summed E-state index contributed by atoms with van der Waals surface area (Å²) in [6, 6.07) is 11.9. The molecule has 0 amide bonds. The fraction of sp³-hybridized carbons (Fsp3) is 0.0833. The van der Waals surface area contributed by atoms with Crippen molar-refractivity contribution in [2.75, 3.05) is 0 Å². The number of benzene rings is 1. The lowest BCUT2D eigenvalue weighted by Crippen LogP contribution is -1.98. The summed E-state index contributed by atoms with van der Waals surface area (Å²) >= 11 is 0. The van der Waals surface area contributed by atoms with Crippen LogP contribution in [0.4, 0.5) is 0 Å². The molecule has 17 heavy (non-hydrogen) atoms. The van der Waals surface area contributed by atoms with Crippen LogP contribution < -0.4 is 5.73 Å². The first kappa shape index (κ1) is 9.92. The van der Waals surface area contributed by atoms with Crippen LogP contribution in [0.15, 0.2) is 36.4 Å². The van der Waals surface area contributed by atoms with E-state index >= 15 is 0 Å². The van der Waals surface area contributed by atoms with Crippen molar-refractivity contribution < 1.29 is 0 Å². The fourth-order valence-corrected chi connectivity index (χ4v) is 1.69. The average molecular weight is 225 g/mol. The molecular formula is C12H11N5. The number of H-pyrrole nitrogens is 1. The molecule has 0 bridgehead atoms. The maximum atomic E-state index is 5.48. The highest BCUT2D eigenvalue weighted by atomic mass is 15.2. The third kappa shape index (κ3) is 1.76. The SMILES string of the molecule is NCc1nc(-c2ccc3ccccc3n2)n[nH]1. The number of nitrogens with zero attached hydrogens (tertiary/aromatic N) is 3. The van der Waals surface area contributed by atoms with E-state index in [2.05, 4.69) is 20.2 Å². The Balaban J connectivity index is 2.11. The third-order valence-electron chi connectivity index (χ3n) is 2.55. The predicted molar refractivity (Wildman–Crippen MR) is 65.0 cm³/mol. The van der Waals surface area contributed by atoms with Crippen molar-refractivity contribution in [2.24, 2.45) is 5.73 Å². The molecule has 1 aromatic carbocycles. The maximum absolute atomic E-state index is 5.48. The molecule has 2 aromatic heterocycles. The van der Waals surface area contributed by atoms with Crippen LogP contribution in [0, 0.1) is 0 Å². The number of fused-ring (bicyclic) bond motifs is 1. The summed E-state index contributed by atoms with van der Waals surface area (Å²) < 4.78 is 0. The first-order valence-electron chi connectivity index (χ1n) is 5.34. The quantitative estimate of drug-likeness (QED) is 0.692. The van der Waals surface area contributed by atoms with Gasteiger partial charge in [-0.05, 0) is 12.1 Å². The second kappa shape index (κ2) is 3.95. The Bertz CT molecular complexity index is 659. The van der Waals surface area contributed by atoms with E-state index in [4.69, 9.17) is 5.73 Å². The normalized spacial score (nSPS) is 10.9. The van der Waals surface area contributed by atoms with Gasteiger partial charge in [0.15, 0.2) is 5.82 Å². The Morgan fingerprint density at radius 2 is 1.94 bits per heavy atom. The Morgan fingerprint density at radius 3 is 2.76 bits per heavy atom. The Hall–Kier alpha value is -2.27. The largest absolute Gasteiger partial charge is 0.324 e. The number of para-hydroxylation sites is 1. The third-order valence-corrected chi connectivity index (χ3v) is 2.55. The van der Waals surface area contributed by atoms with E-state index in [1.165, 1.54) is 0 Å². The van der Waals surface area contributed by atoms with E-state index in [1.807, 2.05) is 36.4 Å². The molecule has 0 aliphatic heterocycles. The van der Waals surface area contributed by atoms with Crippen LogP contribution in [0.1, 0.15) is 5.82 Å². The highest BCUT2D eigenvalue weighted by Crippen LogP contribution is 2.17. The van der Waals surface area contributed by atoms with Crippen molar-refractivity contribution in [3.63, 3.8) is 0 Å². The Kier molecular flexibility index (Phi) is 2.31. The van der Waals surface area contributed by atoms with Crippen molar-refractivity contribution in [3.8, 4) is 11.5 Å². The summed E-state index contributed by atoms with van der Waals surface area (Å²) in [7, 11) is 0. The monoisotopic (exact) mass is 225 g/mol. The van der Waals surface area contributed by atoms with Gasteiger partial charge in [0.05, 0.1) is 12.1 Å². The number of pyridine rings is 1. The molecule has 84 valence electrons. The molecule has 0 fully saturated rings. The van der Waals surface area contributed by atoms with Gasteiger partial charge < -0.3 is 5.73 Å². The summed E-state index contributed by atoms with van der Waals surface area (Å²) in [6.07, 6.45) is 0. The van der Waals surface area contributed by atoms with Gasteiger partial charge in [-0.25, -0.2) is 9.97 Å². The molecule has 0 atom stereocenters. The predicted octanol–water partition coefficient (Wildman–Crippen LogP) is 1.48. The zero-order chi connectivity index (χ0) is 11.7. The van der Waals surface area contributed by atoms with E-state index in [1.54, 1.807) is 0 Å². The lowest BCUT2D eigenvalue weighted by molar-refractivity contribution is 0.917. The molecule has 3 aromatic rings. The molecule has 5 nitrogen and oxygen atoms in total. The van der Waals surface area contributed by atoms with Crippen LogP contribution in [0.2, 0.25) is 0 Å². The number of nitrogens with two attached hydrogens (primary N) is 1. The minimum absolute atomic E-state index is 0.348. The second-order valence-electron chi connectivity index (χ2n) is 3.70. The molecule has 0 saturated carbocycles. The molecule has 0 saturated heterocycles. The number of hydrogen-bond acceptors (Lipinski definition) is 4. The van der Waals surface area contributed by atoms with Gasteiger partial charge in [0.25, 0.3) is 0 Å². The number of hydrogen-bond donors (Lipinski definition) is 2. The second-order valence-corrected chi connectivity index (χ2v) is 3.70. The summed E-state index contributed by atoms with van der Waals surface area (Å²) in [6.45, 7) is 0.348.